The first-order valence-electron chi connectivity index (χ1n) is 6.40. The number of hydrogen-bond acceptors (Lipinski definition) is 2. The largest absolute Gasteiger partial charge is 0.309 e. The summed E-state index contributed by atoms with van der Waals surface area (Å²) in [6, 6.07) is 20.0. The normalized spacial score (nSPS) is 18.3. The van der Waals surface area contributed by atoms with Gasteiger partial charge in [-0.15, -0.1) is 11.8 Å². The maximum absolute atomic E-state index is 3.66. The van der Waals surface area contributed by atoms with Crippen LogP contribution in [0.5, 0.6) is 0 Å². The quantitative estimate of drug-likeness (QED) is 0.901. The van der Waals surface area contributed by atoms with Crippen LogP contribution in [0.1, 0.15) is 11.1 Å². The van der Waals surface area contributed by atoms with E-state index >= 15 is 0 Å². The van der Waals surface area contributed by atoms with E-state index in [0.717, 1.165) is 13.0 Å². The second-order valence-corrected chi connectivity index (χ2v) is 5.75. The van der Waals surface area contributed by atoms with Crippen molar-refractivity contribution in [3.05, 3.63) is 65.7 Å². The van der Waals surface area contributed by atoms with Crippen molar-refractivity contribution in [1.29, 1.82) is 0 Å². The maximum Gasteiger partial charge on any atom is 0.0208 e. The van der Waals surface area contributed by atoms with Crippen LogP contribution in [0, 0.1) is 0 Å². The summed E-state index contributed by atoms with van der Waals surface area (Å²) in [7, 11) is 0. The molecule has 92 valence electrons. The summed E-state index contributed by atoms with van der Waals surface area (Å²) in [4.78, 5) is 1.45. The zero-order valence-corrected chi connectivity index (χ0v) is 11.1. The molecule has 0 saturated heterocycles. The van der Waals surface area contributed by atoms with Gasteiger partial charge < -0.3 is 5.32 Å². The highest BCUT2D eigenvalue weighted by Gasteiger charge is 2.17. The third kappa shape index (κ3) is 2.77. The Morgan fingerprint density at radius 1 is 1.00 bits per heavy atom. The Bertz CT molecular complexity index is 510. The lowest BCUT2D eigenvalue weighted by Gasteiger charge is -2.25. The SMILES string of the molecule is c1ccc(CN[C@@H]2CSc3ccccc3C2)cc1. The molecular formula is C16H17NS. The van der Waals surface area contributed by atoms with Gasteiger partial charge in [0.25, 0.3) is 0 Å². The van der Waals surface area contributed by atoms with Gasteiger partial charge in [-0.05, 0) is 23.6 Å². The van der Waals surface area contributed by atoms with Crippen molar-refractivity contribution in [2.24, 2.45) is 0 Å². The lowest BCUT2D eigenvalue weighted by Crippen LogP contribution is -2.34. The van der Waals surface area contributed by atoms with E-state index in [2.05, 4.69) is 59.9 Å². The smallest absolute Gasteiger partial charge is 0.0208 e. The lowest BCUT2D eigenvalue weighted by molar-refractivity contribution is 0.544. The molecule has 0 fully saturated rings. The van der Waals surface area contributed by atoms with E-state index in [1.165, 1.54) is 21.8 Å². The number of hydrogen-bond donors (Lipinski definition) is 1. The van der Waals surface area contributed by atoms with Crippen LogP contribution in [-0.2, 0) is 13.0 Å². The molecule has 0 saturated carbocycles. The summed E-state index contributed by atoms with van der Waals surface area (Å²) >= 11 is 1.97. The summed E-state index contributed by atoms with van der Waals surface area (Å²) < 4.78 is 0. The molecule has 0 unspecified atom stereocenters. The minimum absolute atomic E-state index is 0.588. The Morgan fingerprint density at radius 3 is 2.67 bits per heavy atom. The van der Waals surface area contributed by atoms with E-state index in [0.29, 0.717) is 6.04 Å². The molecule has 0 bridgehead atoms. The Kier molecular flexibility index (Phi) is 3.67. The van der Waals surface area contributed by atoms with Crippen LogP contribution >= 0.6 is 11.8 Å². The topological polar surface area (TPSA) is 12.0 Å². The Morgan fingerprint density at radius 2 is 1.78 bits per heavy atom. The molecule has 2 aromatic carbocycles. The Hall–Kier alpha value is -1.25. The summed E-state index contributed by atoms with van der Waals surface area (Å²) in [6.45, 7) is 0.967. The van der Waals surface area contributed by atoms with Gasteiger partial charge in [-0.1, -0.05) is 48.5 Å². The predicted octanol–water partition coefficient (Wildman–Crippen LogP) is 3.49. The number of nitrogens with one attached hydrogen (secondary N) is 1. The minimum atomic E-state index is 0.588. The molecule has 2 aromatic rings. The molecule has 1 atom stereocenters. The van der Waals surface area contributed by atoms with Gasteiger partial charge >= 0.3 is 0 Å². The van der Waals surface area contributed by atoms with Crippen molar-refractivity contribution in [1.82, 2.24) is 5.32 Å². The molecule has 1 nitrogen and oxygen atoms in total. The van der Waals surface area contributed by atoms with Crippen LogP contribution < -0.4 is 5.32 Å². The summed E-state index contributed by atoms with van der Waals surface area (Å²) in [6.07, 6.45) is 1.15. The predicted molar refractivity (Wildman–Crippen MR) is 77.9 cm³/mol. The van der Waals surface area contributed by atoms with E-state index in [-0.39, 0.29) is 0 Å². The van der Waals surface area contributed by atoms with Gasteiger partial charge in [-0.3, -0.25) is 0 Å². The van der Waals surface area contributed by atoms with Gasteiger partial charge in [0, 0.05) is 23.2 Å². The molecule has 1 aliphatic heterocycles. The van der Waals surface area contributed by atoms with Crippen LogP contribution in [0.4, 0.5) is 0 Å². The zero-order valence-electron chi connectivity index (χ0n) is 10.3. The highest BCUT2D eigenvalue weighted by atomic mass is 32.2. The minimum Gasteiger partial charge on any atom is -0.309 e. The van der Waals surface area contributed by atoms with Crippen molar-refractivity contribution in [2.45, 2.75) is 23.9 Å². The molecule has 1 aliphatic rings. The van der Waals surface area contributed by atoms with Crippen molar-refractivity contribution in [3.63, 3.8) is 0 Å². The molecule has 0 spiro atoms. The molecule has 1 N–H and O–H groups in total. The van der Waals surface area contributed by atoms with E-state index in [1.54, 1.807) is 0 Å². The van der Waals surface area contributed by atoms with Gasteiger partial charge in [0.1, 0.15) is 0 Å². The fourth-order valence-corrected chi connectivity index (χ4v) is 3.45. The second-order valence-electron chi connectivity index (χ2n) is 4.69. The van der Waals surface area contributed by atoms with Crippen molar-refractivity contribution >= 4 is 11.8 Å². The molecule has 0 aromatic heterocycles. The molecule has 1 heterocycles. The Labute approximate surface area is 113 Å². The number of benzene rings is 2. The fraction of sp³-hybridized carbons (Fsp3) is 0.250. The summed E-state index contributed by atoms with van der Waals surface area (Å²) in [5, 5.41) is 3.66. The molecule has 3 rings (SSSR count). The fourth-order valence-electron chi connectivity index (χ4n) is 2.32. The number of rotatable bonds is 3. The summed E-state index contributed by atoms with van der Waals surface area (Å²) in [5.74, 6) is 1.17. The van der Waals surface area contributed by atoms with Crippen molar-refractivity contribution in [3.8, 4) is 0 Å². The third-order valence-corrected chi connectivity index (χ3v) is 4.59. The van der Waals surface area contributed by atoms with E-state index < -0.39 is 0 Å². The molecule has 0 amide bonds. The van der Waals surface area contributed by atoms with Crippen LogP contribution in [0.3, 0.4) is 0 Å². The lowest BCUT2D eigenvalue weighted by atomic mass is 10.1. The average molecular weight is 255 g/mol. The maximum atomic E-state index is 3.66. The molecule has 0 radical (unpaired) electrons. The van der Waals surface area contributed by atoms with Crippen LogP contribution in [0.2, 0.25) is 0 Å². The number of thioether (sulfide) groups is 1. The van der Waals surface area contributed by atoms with Crippen molar-refractivity contribution < 1.29 is 0 Å². The second kappa shape index (κ2) is 5.59. The summed E-state index contributed by atoms with van der Waals surface area (Å²) in [5.41, 5.74) is 2.85. The first-order valence-corrected chi connectivity index (χ1v) is 7.38. The first-order chi connectivity index (χ1) is 8.92. The van der Waals surface area contributed by atoms with E-state index in [9.17, 15) is 0 Å². The average Bonchev–Trinajstić information content (AvgIpc) is 2.46. The molecular weight excluding hydrogens is 238 g/mol. The highest BCUT2D eigenvalue weighted by molar-refractivity contribution is 7.99. The first kappa shape index (κ1) is 11.8. The zero-order chi connectivity index (χ0) is 12.2. The number of fused-ring (bicyclic) bond motifs is 1. The Balaban J connectivity index is 1.60. The van der Waals surface area contributed by atoms with Crippen LogP contribution in [0.15, 0.2) is 59.5 Å². The van der Waals surface area contributed by atoms with Crippen LogP contribution in [-0.4, -0.2) is 11.8 Å². The highest BCUT2D eigenvalue weighted by Crippen LogP contribution is 2.29. The van der Waals surface area contributed by atoms with Gasteiger partial charge in [0.05, 0.1) is 0 Å². The van der Waals surface area contributed by atoms with Gasteiger partial charge in [0.2, 0.25) is 0 Å². The van der Waals surface area contributed by atoms with Gasteiger partial charge in [-0.25, -0.2) is 0 Å². The van der Waals surface area contributed by atoms with Gasteiger partial charge in [0.15, 0.2) is 0 Å². The standard InChI is InChI=1S/C16H17NS/c1-2-6-13(7-3-1)11-17-15-10-14-8-4-5-9-16(14)18-12-15/h1-9,15,17H,10-12H2/t15-/m0/s1. The van der Waals surface area contributed by atoms with E-state index in [1.807, 2.05) is 11.8 Å². The van der Waals surface area contributed by atoms with Gasteiger partial charge in [-0.2, -0.15) is 0 Å². The third-order valence-electron chi connectivity index (χ3n) is 3.32. The van der Waals surface area contributed by atoms with Crippen LogP contribution in [0.25, 0.3) is 0 Å². The molecule has 18 heavy (non-hydrogen) atoms. The van der Waals surface area contributed by atoms with Crippen molar-refractivity contribution in [2.75, 3.05) is 5.75 Å². The molecule has 2 heteroatoms. The molecule has 0 aliphatic carbocycles. The monoisotopic (exact) mass is 255 g/mol. The van der Waals surface area contributed by atoms with E-state index in [4.69, 9.17) is 0 Å².